The number of aliphatic hydroxyl groups is 1. The highest BCUT2D eigenvalue weighted by atomic mass is 32.2. The maximum atomic E-state index is 14.2. The van der Waals surface area contributed by atoms with Crippen molar-refractivity contribution < 1.29 is 24.2 Å². The van der Waals surface area contributed by atoms with E-state index in [4.69, 9.17) is 9.84 Å². The molecule has 0 saturated carbocycles. The van der Waals surface area contributed by atoms with Crippen molar-refractivity contribution in [3.8, 4) is 0 Å². The van der Waals surface area contributed by atoms with Gasteiger partial charge in [-0.3, -0.25) is 14.4 Å². The van der Waals surface area contributed by atoms with E-state index in [0.29, 0.717) is 26.1 Å². The molecule has 1 N–H and O–H groups in total. The third-order valence-corrected chi connectivity index (χ3v) is 10.1. The second-order valence-electron chi connectivity index (χ2n) is 10.4. The fourth-order valence-electron chi connectivity index (χ4n) is 6.36. The number of ether oxygens (including phenoxy) is 1. The third kappa shape index (κ3) is 5.40. The van der Waals surface area contributed by atoms with Gasteiger partial charge in [0, 0.05) is 31.5 Å². The van der Waals surface area contributed by atoms with Gasteiger partial charge in [-0.05, 0) is 38.0 Å². The highest BCUT2D eigenvalue weighted by Gasteiger charge is 2.76. The first-order valence-electron chi connectivity index (χ1n) is 13.6. The van der Waals surface area contributed by atoms with Gasteiger partial charge in [-0.25, -0.2) is 0 Å². The molecule has 0 radical (unpaired) electrons. The SMILES string of the molecule is C=CCCOC(=O)[C@@H]1[C@@H]2CC(C)C3(S2)C(C(=O)N(CC=C)CCCC)N(CCCCCCO)C(=O)[C@H]13. The van der Waals surface area contributed by atoms with Crippen LogP contribution in [-0.2, 0) is 19.1 Å². The smallest absolute Gasteiger partial charge is 0.310 e. The van der Waals surface area contributed by atoms with Crippen LogP contribution in [0.15, 0.2) is 25.3 Å². The number of esters is 1. The lowest BCUT2D eigenvalue weighted by molar-refractivity contribution is -0.154. The Bertz CT molecular complexity index is 820. The lowest BCUT2D eigenvalue weighted by Gasteiger charge is -2.40. The highest BCUT2D eigenvalue weighted by molar-refractivity contribution is 8.02. The molecule has 6 atom stereocenters. The predicted molar refractivity (Wildman–Crippen MR) is 143 cm³/mol. The Labute approximate surface area is 220 Å². The normalized spacial score (nSPS) is 30.4. The molecule has 3 rings (SSSR count). The molecule has 3 unspecified atom stereocenters. The number of aliphatic hydroxyl groups excluding tert-OH is 1. The van der Waals surface area contributed by atoms with Crippen molar-refractivity contribution in [3.05, 3.63) is 25.3 Å². The number of thioether (sulfide) groups is 1. The summed E-state index contributed by atoms with van der Waals surface area (Å²) in [6.45, 7) is 13.8. The zero-order valence-electron chi connectivity index (χ0n) is 22.0. The molecule has 3 aliphatic rings. The van der Waals surface area contributed by atoms with E-state index in [1.807, 2.05) is 4.90 Å². The third-order valence-electron chi connectivity index (χ3n) is 8.07. The summed E-state index contributed by atoms with van der Waals surface area (Å²) in [5.74, 6) is -1.31. The summed E-state index contributed by atoms with van der Waals surface area (Å²) in [7, 11) is 0. The van der Waals surface area contributed by atoms with Crippen molar-refractivity contribution in [2.24, 2.45) is 17.8 Å². The van der Waals surface area contributed by atoms with Crippen LogP contribution in [0.2, 0.25) is 0 Å². The van der Waals surface area contributed by atoms with Crippen LogP contribution in [-0.4, -0.2) is 81.6 Å². The van der Waals surface area contributed by atoms with Crippen LogP contribution in [0.5, 0.6) is 0 Å². The fraction of sp³-hybridized carbons (Fsp3) is 0.750. The number of likely N-dealkylation sites (tertiary alicyclic amines) is 1. The van der Waals surface area contributed by atoms with Gasteiger partial charge in [0.25, 0.3) is 0 Å². The number of nitrogens with zero attached hydrogens (tertiary/aromatic N) is 2. The molecule has 3 aliphatic heterocycles. The van der Waals surface area contributed by atoms with Crippen molar-refractivity contribution in [3.63, 3.8) is 0 Å². The topological polar surface area (TPSA) is 87.2 Å². The number of hydrogen-bond acceptors (Lipinski definition) is 6. The van der Waals surface area contributed by atoms with Crippen molar-refractivity contribution in [2.75, 3.05) is 32.8 Å². The minimum absolute atomic E-state index is 0.00400. The highest BCUT2D eigenvalue weighted by Crippen LogP contribution is 2.68. The number of amides is 2. The van der Waals surface area contributed by atoms with Gasteiger partial charge in [0.1, 0.15) is 6.04 Å². The van der Waals surface area contributed by atoms with Crippen molar-refractivity contribution in [1.82, 2.24) is 9.80 Å². The fourth-order valence-corrected chi connectivity index (χ4v) is 8.77. The molecule has 7 nitrogen and oxygen atoms in total. The van der Waals surface area contributed by atoms with Crippen LogP contribution in [0.4, 0.5) is 0 Å². The van der Waals surface area contributed by atoms with E-state index in [1.54, 1.807) is 28.8 Å². The molecule has 0 aromatic carbocycles. The molecule has 1 spiro atoms. The molecule has 3 heterocycles. The summed E-state index contributed by atoms with van der Waals surface area (Å²) in [4.78, 5) is 45.1. The zero-order chi connectivity index (χ0) is 26.3. The molecule has 0 aromatic rings. The van der Waals surface area contributed by atoms with Crippen LogP contribution in [0.3, 0.4) is 0 Å². The average molecular weight is 521 g/mol. The molecule has 3 fully saturated rings. The van der Waals surface area contributed by atoms with Crippen molar-refractivity contribution >= 4 is 29.5 Å². The summed E-state index contributed by atoms with van der Waals surface area (Å²) < 4.78 is 4.96. The molecule has 36 heavy (non-hydrogen) atoms. The number of fused-ring (bicyclic) bond motifs is 1. The second-order valence-corrected chi connectivity index (χ2v) is 11.9. The number of unbranched alkanes of at least 4 members (excludes halogenated alkanes) is 4. The number of carbonyl (C=O) groups is 3. The average Bonchev–Trinajstić information content (AvgIpc) is 3.45. The van der Waals surface area contributed by atoms with Crippen LogP contribution >= 0.6 is 11.8 Å². The standard InChI is InChI=1S/C28H44N2O5S/c1-5-8-15-29(14-7-3)26(33)24-28-20(4)19-21(36-28)22(27(34)35-18-9-6-2)23(28)25(32)30(24)16-12-10-11-13-17-31/h6-7,20-24,31H,2-3,5,8-19H2,1,4H3/t20?,21-,22+,23-,24?,28?/m0/s1. The maximum absolute atomic E-state index is 14.2. The van der Waals surface area contributed by atoms with E-state index in [-0.39, 0.29) is 42.2 Å². The monoisotopic (exact) mass is 520 g/mol. The van der Waals surface area contributed by atoms with E-state index in [1.165, 1.54) is 0 Å². The Morgan fingerprint density at radius 2 is 1.97 bits per heavy atom. The Morgan fingerprint density at radius 1 is 1.22 bits per heavy atom. The quantitative estimate of drug-likeness (QED) is 0.189. The van der Waals surface area contributed by atoms with E-state index >= 15 is 0 Å². The summed E-state index contributed by atoms with van der Waals surface area (Å²) in [6.07, 6.45) is 9.98. The van der Waals surface area contributed by atoms with E-state index in [0.717, 1.165) is 44.9 Å². The van der Waals surface area contributed by atoms with Gasteiger partial charge in [0.2, 0.25) is 11.8 Å². The largest absolute Gasteiger partial charge is 0.465 e. The summed E-state index contributed by atoms with van der Waals surface area (Å²) in [5.41, 5.74) is 0. The molecular formula is C28H44N2O5S. The lowest BCUT2D eigenvalue weighted by atomic mass is 9.66. The van der Waals surface area contributed by atoms with Crippen LogP contribution in [0.1, 0.15) is 65.2 Å². The zero-order valence-corrected chi connectivity index (χ0v) is 22.8. The predicted octanol–water partition coefficient (Wildman–Crippen LogP) is 3.81. The maximum Gasteiger partial charge on any atom is 0.310 e. The first kappa shape index (κ1) is 28.8. The van der Waals surface area contributed by atoms with Crippen molar-refractivity contribution in [1.29, 1.82) is 0 Å². The number of hydrogen-bond donors (Lipinski definition) is 1. The lowest BCUT2D eigenvalue weighted by Crippen LogP contribution is -2.57. The Hall–Kier alpha value is -1.80. The minimum Gasteiger partial charge on any atom is -0.465 e. The number of carbonyl (C=O) groups excluding carboxylic acids is 3. The molecule has 0 aromatic heterocycles. The Morgan fingerprint density at radius 3 is 2.64 bits per heavy atom. The molecular weight excluding hydrogens is 476 g/mol. The van der Waals surface area contributed by atoms with Gasteiger partial charge in [-0.2, -0.15) is 0 Å². The number of rotatable bonds is 16. The Balaban J connectivity index is 1.94. The molecule has 202 valence electrons. The minimum atomic E-state index is -0.613. The van der Waals surface area contributed by atoms with Gasteiger partial charge in [-0.1, -0.05) is 45.3 Å². The summed E-state index contributed by atoms with van der Waals surface area (Å²) >= 11 is 1.69. The van der Waals surface area contributed by atoms with E-state index in [9.17, 15) is 14.4 Å². The van der Waals surface area contributed by atoms with Crippen molar-refractivity contribution in [2.45, 2.75) is 81.3 Å². The second kappa shape index (κ2) is 13.1. The molecule has 3 saturated heterocycles. The van der Waals surface area contributed by atoms with Gasteiger partial charge >= 0.3 is 5.97 Å². The molecule has 0 aliphatic carbocycles. The summed E-state index contributed by atoms with van der Waals surface area (Å²) in [6, 6.07) is -0.583. The van der Waals surface area contributed by atoms with Gasteiger partial charge in [0.15, 0.2) is 0 Å². The van der Waals surface area contributed by atoms with Gasteiger partial charge in [-0.15, -0.1) is 24.9 Å². The first-order valence-corrected chi connectivity index (χ1v) is 14.5. The van der Waals surface area contributed by atoms with Crippen LogP contribution < -0.4 is 0 Å². The van der Waals surface area contributed by atoms with Gasteiger partial charge in [0.05, 0.1) is 23.2 Å². The molecule has 2 bridgehead atoms. The van der Waals surface area contributed by atoms with Gasteiger partial charge < -0.3 is 19.6 Å². The van der Waals surface area contributed by atoms with Crippen LogP contribution in [0, 0.1) is 17.8 Å². The van der Waals surface area contributed by atoms with E-state index in [2.05, 4.69) is 27.0 Å². The van der Waals surface area contributed by atoms with E-state index < -0.39 is 22.6 Å². The summed E-state index contributed by atoms with van der Waals surface area (Å²) in [5, 5.41) is 9.10. The molecule has 2 amide bonds. The molecule has 8 heteroatoms. The van der Waals surface area contributed by atoms with Crippen LogP contribution in [0.25, 0.3) is 0 Å². The Kier molecular flexibility index (Phi) is 10.5. The first-order chi connectivity index (χ1) is 17.4.